The normalized spacial score (nSPS) is 10.9. The first kappa shape index (κ1) is 13.7. The number of carbonyl (C=O) groups excluding carboxylic acids is 2. The molecule has 0 fully saturated rings. The average Bonchev–Trinajstić information content (AvgIpc) is 2.47. The van der Waals surface area contributed by atoms with Crippen LogP contribution < -0.4 is 0 Å². The molecule has 0 amide bonds. The third-order valence-electron chi connectivity index (χ3n) is 2.65. The molecule has 4 heteroatoms. The van der Waals surface area contributed by atoms with Crippen LogP contribution in [0.1, 0.15) is 21.6 Å². The highest BCUT2D eigenvalue weighted by Gasteiger charge is 2.13. The number of hydrogen-bond donors (Lipinski definition) is 0. The van der Waals surface area contributed by atoms with Crippen LogP contribution in [-0.2, 0) is 9.53 Å². The van der Waals surface area contributed by atoms with E-state index in [1.54, 1.807) is 42.6 Å². The van der Waals surface area contributed by atoms with E-state index in [1.807, 2.05) is 13.0 Å². The van der Waals surface area contributed by atoms with Crippen molar-refractivity contribution < 1.29 is 14.3 Å². The van der Waals surface area contributed by atoms with E-state index in [9.17, 15) is 9.59 Å². The topological polar surface area (TPSA) is 56.3 Å². The molecule has 20 heavy (non-hydrogen) atoms. The molecule has 0 unspecified atom stereocenters. The van der Waals surface area contributed by atoms with Crippen molar-refractivity contribution in [3.63, 3.8) is 0 Å². The van der Waals surface area contributed by atoms with E-state index in [-0.39, 0.29) is 18.0 Å². The monoisotopic (exact) mass is 267 g/mol. The Hall–Kier alpha value is -2.75. The molecule has 0 N–H and O–H groups in total. The molecule has 0 aliphatic carbocycles. The molecule has 1 aromatic carbocycles. The van der Waals surface area contributed by atoms with Gasteiger partial charge >= 0.3 is 0 Å². The Balaban J connectivity index is 2.36. The zero-order valence-corrected chi connectivity index (χ0v) is 10.9. The molecule has 0 aliphatic heterocycles. The Morgan fingerprint density at radius 2 is 1.95 bits per heavy atom. The van der Waals surface area contributed by atoms with Gasteiger partial charge in [-0.2, -0.15) is 0 Å². The minimum Gasteiger partial charge on any atom is -0.425 e. The van der Waals surface area contributed by atoms with Gasteiger partial charge < -0.3 is 4.74 Å². The first-order valence-corrected chi connectivity index (χ1v) is 6.05. The summed E-state index contributed by atoms with van der Waals surface area (Å²) in [6, 6.07) is 12.2. The summed E-state index contributed by atoms with van der Waals surface area (Å²) in [5.41, 5.74) is 2.03. The van der Waals surface area contributed by atoms with Crippen molar-refractivity contribution in [2.45, 2.75) is 6.92 Å². The molecular weight excluding hydrogens is 254 g/mol. The second kappa shape index (κ2) is 6.43. The Labute approximate surface area is 116 Å². The van der Waals surface area contributed by atoms with Crippen LogP contribution in [-0.4, -0.2) is 17.2 Å². The Bertz CT molecular complexity index is 648. The van der Waals surface area contributed by atoms with Crippen LogP contribution in [0.15, 0.2) is 54.4 Å². The fraction of sp³-hybridized carbons (Fsp3) is 0.0625. The van der Waals surface area contributed by atoms with E-state index in [0.717, 1.165) is 11.3 Å². The van der Waals surface area contributed by atoms with Crippen LogP contribution >= 0.6 is 0 Å². The van der Waals surface area contributed by atoms with E-state index in [0.29, 0.717) is 5.56 Å². The average molecular weight is 267 g/mol. The lowest BCUT2D eigenvalue weighted by molar-refractivity contribution is -0.124. The van der Waals surface area contributed by atoms with Crippen LogP contribution in [0, 0.1) is 6.92 Å². The summed E-state index contributed by atoms with van der Waals surface area (Å²) in [7, 11) is 0. The number of allylic oxidation sites excluding steroid dienone is 1. The number of aromatic nitrogens is 1. The van der Waals surface area contributed by atoms with Crippen molar-refractivity contribution in [2.24, 2.45) is 0 Å². The number of benzene rings is 1. The van der Waals surface area contributed by atoms with Gasteiger partial charge in [-0.3, -0.25) is 14.6 Å². The number of pyridine rings is 1. The Morgan fingerprint density at radius 1 is 1.20 bits per heavy atom. The van der Waals surface area contributed by atoms with Crippen LogP contribution in [0.2, 0.25) is 0 Å². The Kier molecular flexibility index (Phi) is 4.39. The molecule has 1 aromatic heterocycles. The summed E-state index contributed by atoms with van der Waals surface area (Å²) in [6.07, 6.45) is 3.16. The van der Waals surface area contributed by atoms with Crippen LogP contribution in [0.3, 0.4) is 0 Å². The molecule has 0 aliphatic rings. The lowest BCUT2D eigenvalue weighted by Crippen LogP contribution is -2.06. The highest BCUT2D eigenvalue weighted by Crippen LogP contribution is 2.14. The number of ether oxygens (including phenoxy) is 1. The van der Waals surface area contributed by atoms with Gasteiger partial charge in [-0.1, -0.05) is 30.3 Å². The molecule has 2 rings (SSSR count). The highest BCUT2D eigenvalue weighted by molar-refractivity contribution is 6.10. The SMILES string of the molecule is Cc1cc(/C=C(\OC=O)C(=O)c2ccccc2)ccn1. The number of rotatable bonds is 5. The van der Waals surface area contributed by atoms with Crippen molar-refractivity contribution >= 4 is 18.3 Å². The smallest absolute Gasteiger partial charge is 0.298 e. The predicted octanol–water partition coefficient (Wildman–Crippen LogP) is 2.79. The van der Waals surface area contributed by atoms with Gasteiger partial charge in [-0.05, 0) is 30.7 Å². The maximum absolute atomic E-state index is 12.3. The molecule has 100 valence electrons. The fourth-order valence-electron chi connectivity index (χ4n) is 1.75. The summed E-state index contributed by atoms with van der Waals surface area (Å²) >= 11 is 0. The summed E-state index contributed by atoms with van der Waals surface area (Å²) in [4.78, 5) is 26.9. The summed E-state index contributed by atoms with van der Waals surface area (Å²) in [5.74, 6) is -0.357. The van der Waals surface area contributed by atoms with E-state index in [1.165, 1.54) is 6.08 Å². The molecule has 0 atom stereocenters. The molecule has 0 bridgehead atoms. The van der Waals surface area contributed by atoms with E-state index in [4.69, 9.17) is 4.74 Å². The number of ketones is 1. The fourth-order valence-corrected chi connectivity index (χ4v) is 1.75. The van der Waals surface area contributed by atoms with Crippen LogP contribution in [0.25, 0.3) is 6.08 Å². The number of carbonyl (C=O) groups is 2. The maximum atomic E-state index is 12.3. The van der Waals surface area contributed by atoms with Gasteiger partial charge in [0.05, 0.1) is 0 Å². The van der Waals surface area contributed by atoms with Gasteiger partial charge in [0.15, 0.2) is 5.76 Å². The van der Waals surface area contributed by atoms with E-state index < -0.39 is 0 Å². The van der Waals surface area contributed by atoms with Gasteiger partial charge in [0, 0.05) is 17.5 Å². The molecule has 1 heterocycles. The molecule has 0 saturated carbocycles. The van der Waals surface area contributed by atoms with Crippen molar-refractivity contribution in [1.29, 1.82) is 0 Å². The second-order valence-corrected chi connectivity index (χ2v) is 4.15. The third kappa shape index (κ3) is 3.38. The maximum Gasteiger partial charge on any atom is 0.298 e. The molecule has 0 radical (unpaired) electrons. The van der Waals surface area contributed by atoms with Crippen molar-refractivity contribution in [2.75, 3.05) is 0 Å². The van der Waals surface area contributed by atoms with Gasteiger partial charge in [0.2, 0.25) is 5.78 Å². The zero-order chi connectivity index (χ0) is 14.4. The van der Waals surface area contributed by atoms with E-state index >= 15 is 0 Å². The number of nitrogens with zero attached hydrogens (tertiary/aromatic N) is 1. The standard InChI is InChI=1S/C16H13NO3/c1-12-9-13(7-8-17-12)10-15(20-11-18)16(19)14-5-3-2-4-6-14/h2-11H,1H3/b15-10-. The zero-order valence-electron chi connectivity index (χ0n) is 10.9. The van der Waals surface area contributed by atoms with Crippen molar-refractivity contribution in [1.82, 2.24) is 4.98 Å². The lowest BCUT2D eigenvalue weighted by atomic mass is 10.1. The molecule has 2 aromatic rings. The van der Waals surface area contributed by atoms with Gasteiger partial charge in [-0.25, -0.2) is 0 Å². The summed E-state index contributed by atoms with van der Waals surface area (Å²) in [5, 5.41) is 0. The first-order chi connectivity index (χ1) is 9.70. The molecule has 4 nitrogen and oxygen atoms in total. The number of hydrogen-bond acceptors (Lipinski definition) is 4. The molecule has 0 saturated heterocycles. The molecular formula is C16H13NO3. The van der Waals surface area contributed by atoms with E-state index in [2.05, 4.69) is 4.98 Å². The Morgan fingerprint density at radius 3 is 2.60 bits per heavy atom. The first-order valence-electron chi connectivity index (χ1n) is 6.05. The van der Waals surface area contributed by atoms with Gasteiger partial charge in [0.25, 0.3) is 6.47 Å². The number of aryl methyl sites for hydroxylation is 1. The number of Topliss-reactive ketones (excluding diaryl/α,β-unsaturated/α-hetero) is 1. The molecule has 0 spiro atoms. The van der Waals surface area contributed by atoms with Crippen LogP contribution in [0.4, 0.5) is 0 Å². The van der Waals surface area contributed by atoms with Gasteiger partial charge in [0.1, 0.15) is 0 Å². The van der Waals surface area contributed by atoms with Crippen molar-refractivity contribution in [3.05, 3.63) is 71.2 Å². The van der Waals surface area contributed by atoms with Crippen molar-refractivity contribution in [3.8, 4) is 0 Å². The minimum atomic E-state index is -0.341. The highest BCUT2D eigenvalue weighted by atomic mass is 16.5. The summed E-state index contributed by atoms with van der Waals surface area (Å²) < 4.78 is 4.81. The predicted molar refractivity (Wildman–Crippen MR) is 74.9 cm³/mol. The second-order valence-electron chi connectivity index (χ2n) is 4.15. The summed E-state index contributed by atoms with van der Waals surface area (Å²) in [6.45, 7) is 2.09. The lowest BCUT2D eigenvalue weighted by Gasteiger charge is -2.04. The third-order valence-corrected chi connectivity index (χ3v) is 2.65. The van der Waals surface area contributed by atoms with Crippen LogP contribution in [0.5, 0.6) is 0 Å². The van der Waals surface area contributed by atoms with Gasteiger partial charge in [-0.15, -0.1) is 0 Å². The minimum absolute atomic E-state index is 0.0169. The quantitative estimate of drug-likeness (QED) is 0.362. The largest absolute Gasteiger partial charge is 0.425 e.